The molecule has 3 aliphatic rings. The first kappa shape index (κ1) is 6.69. The Kier molecular flexibility index (Phi) is 1.71. The van der Waals surface area contributed by atoms with E-state index in [4.69, 9.17) is 0 Å². The van der Waals surface area contributed by atoms with E-state index in [1.165, 1.54) is 12.8 Å². The first-order chi connectivity index (χ1) is 4.86. The molecule has 1 unspecified atom stereocenters. The van der Waals surface area contributed by atoms with Crippen molar-refractivity contribution >= 4 is 0 Å². The number of hydrogen-bond acceptors (Lipinski definition) is 0. The van der Waals surface area contributed by atoms with Crippen LogP contribution in [0, 0.1) is 17.8 Å². The lowest BCUT2D eigenvalue weighted by atomic mass is 9.81. The lowest BCUT2D eigenvalue weighted by Gasteiger charge is -2.25. The fraction of sp³-hybridized carbons (Fsp3) is 1.00. The van der Waals surface area contributed by atoms with E-state index >= 15 is 0 Å². The fourth-order valence-corrected chi connectivity index (χ4v) is 2.78. The van der Waals surface area contributed by atoms with Gasteiger partial charge in [-0.3, -0.25) is 0 Å². The molecule has 0 saturated heterocycles. The minimum Gasteiger partial charge on any atom is -0.0622 e. The van der Waals surface area contributed by atoms with Gasteiger partial charge in [-0.1, -0.05) is 32.6 Å². The third-order valence-corrected chi connectivity index (χ3v) is 3.73. The third-order valence-electron chi connectivity index (χ3n) is 3.73. The second kappa shape index (κ2) is 2.56. The molecule has 3 aliphatic carbocycles. The van der Waals surface area contributed by atoms with Crippen molar-refractivity contribution in [1.29, 1.82) is 0 Å². The third kappa shape index (κ3) is 1.09. The van der Waals surface area contributed by atoms with Crippen molar-refractivity contribution in [2.45, 2.75) is 45.4 Å². The van der Waals surface area contributed by atoms with Gasteiger partial charge in [0.2, 0.25) is 0 Å². The van der Waals surface area contributed by atoms with Gasteiger partial charge in [-0.25, -0.2) is 0 Å². The zero-order chi connectivity index (χ0) is 6.97. The zero-order valence-corrected chi connectivity index (χ0v) is 6.97. The Balaban J connectivity index is 2.07. The normalized spacial score (nSPS) is 47.1. The average molecular weight is 138 g/mol. The lowest BCUT2D eigenvalue weighted by Crippen LogP contribution is -2.13. The van der Waals surface area contributed by atoms with E-state index in [9.17, 15) is 0 Å². The summed E-state index contributed by atoms with van der Waals surface area (Å²) >= 11 is 0. The molecule has 0 nitrogen and oxygen atoms in total. The molecular weight excluding hydrogens is 120 g/mol. The van der Waals surface area contributed by atoms with Crippen molar-refractivity contribution in [3.05, 3.63) is 0 Å². The summed E-state index contributed by atoms with van der Waals surface area (Å²) in [5.74, 6) is 3.28. The van der Waals surface area contributed by atoms with Gasteiger partial charge in [-0.15, -0.1) is 0 Å². The van der Waals surface area contributed by atoms with Crippen LogP contribution in [-0.4, -0.2) is 0 Å². The van der Waals surface area contributed by atoms with Gasteiger partial charge >= 0.3 is 0 Å². The molecule has 0 heterocycles. The van der Waals surface area contributed by atoms with Gasteiger partial charge in [-0.2, -0.15) is 0 Å². The minimum absolute atomic E-state index is 1.05. The molecule has 0 aromatic carbocycles. The van der Waals surface area contributed by atoms with Crippen LogP contribution in [0.5, 0.6) is 0 Å². The molecule has 0 aromatic rings. The quantitative estimate of drug-likeness (QED) is 0.482. The molecule has 0 amide bonds. The summed E-state index contributed by atoms with van der Waals surface area (Å²) < 4.78 is 0. The van der Waals surface area contributed by atoms with E-state index in [0.29, 0.717) is 0 Å². The van der Waals surface area contributed by atoms with Crippen LogP contribution < -0.4 is 0 Å². The largest absolute Gasteiger partial charge is 0.0622 e. The maximum Gasteiger partial charge on any atom is -0.0388 e. The Hall–Kier alpha value is 0. The van der Waals surface area contributed by atoms with Gasteiger partial charge < -0.3 is 0 Å². The van der Waals surface area contributed by atoms with Crippen LogP contribution in [0.25, 0.3) is 0 Å². The summed E-state index contributed by atoms with van der Waals surface area (Å²) in [6.45, 7) is 2.46. The Morgan fingerprint density at radius 3 is 2.10 bits per heavy atom. The number of fused-ring (bicyclic) bond motifs is 4. The summed E-state index contributed by atoms with van der Waals surface area (Å²) in [4.78, 5) is 0. The molecule has 0 aromatic heterocycles. The molecule has 10 heavy (non-hydrogen) atoms. The van der Waals surface area contributed by atoms with E-state index in [0.717, 1.165) is 17.8 Å². The van der Waals surface area contributed by atoms with E-state index in [1.54, 1.807) is 25.7 Å². The summed E-state index contributed by atoms with van der Waals surface area (Å²) in [7, 11) is 0. The second-order valence-electron chi connectivity index (χ2n) is 4.34. The van der Waals surface area contributed by atoms with Crippen molar-refractivity contribution in [3.63, 3.8) is 0 Å². The molecule has 3 fully saturated rings. The molecule has 0 aliphatic heterocycles. The van der Waals surface area contributed by atoms with Crippen LogP contribution in [0.4, 0.5) is 0 Å². The highest BCUT2D eigenvalue weighted by Gasteiger charge is 2.29. The predicted molar refractivity (Wildman–Crippen MR) is 43.8 cm³/mol. The van der Waals surface area contributed by atoms with Gasteiger partial charge in [0.1, 0.15) is 0 Å². The maximum absolute atomic E-state index is 2.46. The molecule has 2 bridgehead atoms. The van der Waals surface area contributed by atoms with Crippen molar-refractivity contribution in [2.75, 3.05) is 0 Å². The van der Waals surface area contributed by atoms with Crippen LogP contribution >= 0.6 is 0 Å². The van der Waals surface area contributed by atoms with Crippen molar-refractivity contribution in [2.24, 2.45) is 17.8 Å². The smallest absolute Gasteiger partial charge is 0.0388 e. The highest BCUT2D eigenvalue weighted by molar-refractivity contribution is 4.80. The van der Waals surface area contributed by atoms with Crippen LogP contribution in [0.2, 0.25) is 0 Å². The first-order valence-corrected chi connectivity index (χ1v) is 4.86. The average Bonchev–Trinajstić information content (AvgIpc) is 2.24. The van der Waals surface area contributed by atoms with E-state index < -0.39 is 0 Å². The summed E-state index contributed by atoms with van der Waals surface area (Å²) in [6.07, 6.45) is 9.26. The zero-order valence-electron chi connectivity index (χ0n) is 6.97. The van der Waals surface area contributed by atoms with Crippen LogP contribution in [0.3, 0.4) is 0 Å². The predicted octanol–water partition coefficient (Wildman–Crippen LogP) is 3.22. The van der Waals surface area contributed by atoms with Gasteiger partial charge in [0.25, 0.3) is 0 Å². The second-order valence-corrected chi connectivity index (χ2v) is 4.34. The summed E-state index contributed by atoms with van der Waals surface area (Å²) in [5.41, 5.74) is 0. The molecule has 0 spiro atoms. The molecular formula is C10H18. The molecule has 1 atom stereocenters. The minimum atomic E-state index is 1.05. The summed E-state index contributed by atoms with van der Waals surface area (Å²) in [6, 6.07) is 0. The van der Waals surface area contributed by atoms with Gasteiger partial charge in [0.05, 0.1) is 0 Å². The maximum atomic E-state index is 2.46. The topological polar surface area (TPSA) is 0 Å². The molecule has 0 N–H and O–H groups in total. The fourth-order valence-electron chi connectivity index (χ4n) is 2.78. The molecule has 0 radical (unpaired) electrons. The van der Waals surface area contributed by atoms with Gasteiger partial charge in [-0.05, 0) is 30.6 Å². The van der Waals surface area contributed by atoms with E-state index in [1.807, 2.05) is 0 Å². The molecule has 3 rings (SSSR count). The van der Waals surface area contributed by atoms with Crippen molar-refractivity contribution in [3.8, 4) is 0 Å². The van der Waals surface area contributed by atoms with Crippen molar-refractivity contribution < 1.29 is 0 Å². The van der Waals surface area contributed by atoms with Gasteiger partial charge in [0.15, 0.2) is 0 Å². The molecule has 3 saturated carbocycles. The lowest BCUT2D eigenvalue weighted by molar-refractivity contribution is 0.268. The Bertz CT molecular complexity index is 109. The molecule has 0 heteroatoms. The molecule has 58 valence electrons. The van der Waals surface area contributed by atoms with E-state index in [2.05, 4.69) is 6.92 Å². The van der Waals surface area contributed by atoms with Crippen LogP contribution in [0.1, 0.15) is 45.4 Å². The number of hydrogen-bond donors (Lipinski definition) is 0. The highest BCUT2D eigenvalue weighted by atomic mass is 14.3. The summed E-state index contributed by atoms with van der Waals surface area (Å²) in [5, 5.41) is 0. The Morgan fingerprint density at radius 1 is 0.800 bits per heavy atom. The monoisotopic (exact) mass is 138 g/mol. The SMILES string of the molecule is CC1CCC2CCC1CC2. The Morgan fingerprint density at radius 2 is 1.40 bits per heavy atom. The standard InChI is InChI=1S/C10H18/c1-8-2-3-9-4-6-10(8)7-5-9/h8-10H,2-7H2,1H3. The van der Waals surface area contributed by atoms with Crippen LogP contribution in [-0.2, 0) is 0 Å². The van der Waals surface area contributed by atoms with Crippen molar-refractivity contribution in [1.82, 2.24) is 0 Å². The van der Waals surface area contributed by atoms with Crippen LogP contribution in [0.15, 0.2) is 0 Å². The van der Waals surface area contributed by atoms with E-state index in [-0.39, 0.29) is 0 Å². The van der Waals surface area contributed by atoms with Gasteiger partial charge in [0, 0.05) is 0 Å². The first-order valence-electron chi connectivity index (χ1n) is 4.86. The number of rotatable bonds is 0. The Labute approximate surface area is 64.0 Å². The highest BCUT2D eigenvalue weighted by Crippen LogP contribution is 2.41.